The summed E-state index contributed by atoms with van der Waals surface area (Å²) in [4.78, 5) is 0. The van der Waals surface area contributed by atoms with Gasteiger partial charge in [-0.2, -0.15) is 0 Å². The molecule has 0 radical (unpaired) electrons. The Labute approximate surface area is 118 Å². The average Bonchev–Trinajstić information content (AvgIpc) is 2.34. The quantitative estimate of drug-likeness (QED) is 0.863. The van der Waals surface area contributed by atoms with E-state index in [4.69, 9.17) is 4.74 Å². The minimum Gasteiger partial charge on any atom is -0.497 e. The third-order valence-electron chi connectivity index (χ3n) is 3.97. The molecule has 100 valence electrons. The van der Waals surface area contributed by atoms with Crippen LogP contribution in [0.4, 0.5) is 0 Å². The first-order valence-electron chi connectivity index (χ1n) is 6.72. The van der Waals surface area contributed by atoms with Crippen molar-refractivity contribution in [1.29, 1.82) is 0 Å². The molecule has 0 aliphatic heterocycles. The molecule has 2 nitrogen and oxygen atoms in total. The van der Waals surface area contributed by atoms with Crippen LogP contribution < -0.4 is 10.1 Å². The molecule has 1 aliphatic carbocycles. The van der Waals surface area contributed by atoms with Crippen molar-refractivity contribution in [1.82, 2.24) is 5.32 Å². The summed E-state index contributed by atoms with van der Waals surface area (Å²) in [6.07, 6.45) is 6.60. The van der Waals surface area contributed by atoms with Gasteiger partial charge in [-0.05, 0) is 49.6 Å². The smallest absolute Gasteiger partial charge is 0.119 e. The Bertz CT molecular complexity index is 390. The second-order valence-electron chi connectivity index (χ2n) is 5.18. The third-order valence-corrected chi connectivity index (χ3v) is 4.74. The van der Waals surface area contributed by atoms with Gasteiger partial charge in [-0.1, -0.05) is 35.2 Å². The summed E-state index contributed by atoms with van der Waals surface area (Å²) in [5.74, 6) is 1.87. The zero-order valence-corrected chi connectivity index (χ0v) is 12.8. The van der Waals surface area contributed by atoms with Gasteiger partial charge in [-0.25, -0.2) is 0 Å². The van der Waals surface area contributed by atoms with Gasteiger partial charge in [-0.3, -0.25) is 0 Å². The van der Waals surface area contributed by atoms with E-state index in [2.05, 4.69) is 40.4 Å². The minimum atomic E-state index is 0.568. The summed E-state index contributed by atoms with van der Waals surface area (Å²) in [7, 11) is 3.79. The van der Waals surface area contributed by atoms with Crippen LogP contribution in [-0.2, 0) is 6.42 Å². The Morgan fingerprint density at radius 2 is 2.22 bits per heavy atom. The summed E-state index contributed by atoms with van der Waals surface area (Å²) < 4.78 is 6.48. The molecule has 1 N–H and O–H groups in total. The van der Waals surface area contributed by atoms with Crippen LogP contribution in [0, 0.1) is 5.92 Å². The predicted molar refractivity (Wildman–Crippen MR) is 79.2 cm³/mol. The van der Waals surface area contributed by atoms with Crippen LogP contribution in [0.3, 0.4) is 0 Å². The molecule has 1 atom stereocenters. The number of likely N-dealkylation sites (N-methyl/N-ethyl adjacent to an activating group) is 1. The molecule has 1 saturated carbocycles. The molecule has 1 aromatic carbocycles. The monoisotopic (exact) mass is 311 g/mol. The molecular weight excluding hydrogens is 290 g/mol. The Balaban J connectivity index is 2.00. The number of benzene rings is 1. The topological polar surface area (TPSA) is 21.3 Å². The van der Waals surface area contributed by atoms with Crippen LogP contribution in [0.1, 0.15) is 31.2 Å². The van der Waals surface area contributed by atoms with Crippen LogP contribution in [0.15, 0.2) is 22.7 Å². The van der Waals surface area contributed by atoms with E-state index >= 15 is 0 Å². The number of nitrogens with one attached hydrogen (secondary N) is 1. The molecule has 0 bridgehead atoms. The molecule has 1 unspecified atom stereocenters. The maximum absolute atomic E-state index is 5.30. The number of rotatable bonds is 6. The number of ether oxygens (including phenoxy) is 1. The van der Waals surface area contributed by atoms with Crippen molar-refractivity contribution in [2.45, 2.75) is 38.1 Å². The van der Waals surface area contributed by atoms with Crippen LogP contribution >= 0.6 is 15.9 Å². The standard InChI is InChI=1S/C15H22BrNO/c1-17-13(8-11-4-3-5-11)9-12-10-14(18-2)6-7-15(12)16/h6-7,10-11,13,17H,3-5,8-9H2,1-2H3. The Morgan fingerprint density at radius 3 is 2.78 bits per heavy atom. The minimum absolute atomic E-state index is 0.568. The van der Waals surface area contributed by atoms with E-state index in [1.165, 1.54) is 35.7 Å². The zero-order valence-electron chi connectivity index (χ0n) is 11.2. The summed E-state index contributed by atoms with van der Waals surface area (Å²) in [6, 6.07) is 6.77. The molecule has 0 saturated heterocycles. The van der Waals surface area contributed by atoms with Gasteiger partial charge in [0.25, 0.3) is 0 Å². The fourth-order valence-corrected chi connectivity index (χ4v) is 2.94. The van der Waals surface area contributed by atoms with E-state index in [1.807, 2.05) is 6.07 Å². The molecule has 0 spiro atoms. The summed E-state index contributed by atoms with van der Waals surface area (Å²) in [5, 5.41) is 3.45. The van der Waals surface area contributed by atoms with Gasteiger partial charge in [0.05, 0.1) is 7.11 Å². The SMILES string of the molecule is CNC(Cc1cc(OC)ccc1Br)CC1CCC1. The van der Waals surface area contributed by atoms with Gasteiger partial charge >= 0.3 is 0 Å². The molecule has 1 fully saturated rings. The van der Waals surface area contributed by atoms with E-state index < -0.39 is 0 Å². The van der Waals surface area contributed by atoms with E-state index in [0.29, 0.717) is 6.04 Å². The van der Waals surface area contributed by atoms with Crippen molar-refractivity contribution in [3.63, 3.8) is 0 Å². The molecule has 3 heteroatoms. The van der Waals surface area contributed by atoms with E-state index in [1.54, 1.807) is 7.11 Å². The molecule has 1 aromatic rings. The maximum atomic E-state index is 5.30. The average molecular weight is 312 g/mol. The Kier molecular flexibility index (Phi) is 5.07. The summed E-state index contributed by atoms with van der Waals surface area (Å²) >= 11 is 3.63. The molecule has 2 rings (SSSR count). The molecule has 0 heterocycles. The van der Waals surface area contributed by atoms with E-state index in [0.717, 1.165) is 18.1 Å². The van der Waals surface area contributed by atoms with Crippen molar-refractivity contribution in [3.05, 3.63) is 28.2 Å². The number of halogens is 1. The van der Waals surface area contributed by atoms with Gasteiger partial charge < -0.3 is 10.1 Å². The molecule has 1 aliphatic rings. The van der Waals surface area contributed by atoms with Crippen LogP contribution in [0.5, 0.6) is 5.75 Å². The first-order valence-corrected chi connectivity index (χ1v) is 7.52. The van der Waals surface area contributed by atoms with Gasteiger partial charge in [0.1, 0.15) is 5.75 Å². The first-order chi connectivity index (χ1) is 8.72. The van der Waals surface area contributed by atoms with Crippen molar-refractivity contribution >= 4 is 15.9 Å². The van der Waals surface area contributed by atoms with Gasteiger partial charge in [-0.15, -0.1) is 0 Å². The summed E-state index contributed by atoms with van der Waals surface area (Å²) in [5.41, 5.74) is 1.33. The van der Waals surface area contributed by atoms with Crippen molar-refractivity contribution < 1.29 is 4.74 Å². The maximum Gasteiger partial charge on any atom is 0.119 e. The largest absolute Gasteiger partial charge is 0.497 e. The van der Waals surface area contributed by atoms with Crippen LogP contribution in [0.25, 0.3) is 0 Å². The van der Waals surface area contributed by atoms with Crippen molar-refractivity contribution in [3.8, 4) is 5.75 Å². The lowest BCUT2D eigenvalue weighted by Gasteiger charge is -2.29. The lowest BCUT2D eigenvalue weighted by molar-refractivity contribution is 0.263. The fraction of sp³-hybridized carbons (Fsp3) is 0.600. The lowest BCUT2D eigenvalue weighted by atomic mass is 9.80. The zero-order chi connectivity index (χ0) is 13.0. The fourth-order valence-electron chi connectivity index (χ4n) is 2.53. The second kappa shape index (κ2) is 6.58. The van der Waals surface area contributed by atoms with Crippen molar-refractivity contribution in [2.24, 2.45) is 5.92 Å². The highest BCUT2D eigenvalue weighted by Crippen LogP contribution is 2.32. The number of hydrogen-bond acceptors (Lipinski definition) is 2. The first kappa shape index (κ1) is 13.9. The highest BCUT2D eigenvalue weighted by Gasteiger charge is 2.21. The predicted octanol–water partition coefficient (Wildman–Crippen LogP) is 3.78. The third kappa shape index (κ3) is 3.48. The molecule has 18 heavy (non-hydrogen) atoms. The molecule has 0 amide bonds. The molecular formula is C15H22BrNO. The normalized spacial score (nSPS) is 17.3. The Morgan fingerprint density at radius 1 is 1.44 bits per heavy atom. The number of hydrogen-bond donors (Lipinski definition) is 1. The lowest BCUT2D eigenvalue weighted by Crippen LogP contribution is -2.32. The second-order valence-corrected chi connectivity index (χ2v) is 6.03. The highest BCUT2D eigenvalue weighted by molar-refractivity contribution is 9.10. The van der Waals surface area contributed by atoms with Crippen LogP contribution in [-0.4, -0.2) is 20.2 Å². The van der Waals surface area contributed by atoms with Gasteiger partial charge in [0.15, 0.2) is 0 Å². The summed E-state index contributed by atoms with van der Waals surface area (Å²) in [6.45, 7) is 0. The van der Waals surface area contributed by atoms with Crippen molar-refractivity contribution in [2.75, 3.05) is 14.2 Å². The van der Waals surface area contributed by atoms with Crippen LogP contribution in [0.2, 0.25) is 0 Å². The van der Waals surface area contributed by atoms with Gasteiger partial charge in [0.2, 0.25) is 0 Å². The highest BCUT2D eigenvalue weighted by atomic mass is 79.9. The van der Waals surface area contributed by atoms with Gasteiger partial charge in [0, 0.05) is 10.5 Å². The number of methoxy groups -OCH3 is 1. The van der Waals surface area contributed by atoms with E-state index in [9.17, 15) is 0 Å². The Hall–Kier alpha value is -0.540. The molecule has 0 aromatic heterocycles. The van der Waals surface area contributed by atoms with E-state index in [-0.39, 0.29) is 0 Å².